The van der Waals surface area contributed by atoms with Gasteiger partial charge >= 0.3 is 6.09 Å². The van der Waals surface area contributed by atoms with Gasteiger partial charge in [0.25, 0.3) is 0 Å². The summed E-state index contributed by atoms with van der Waals surface area (Å²) in [5.74, 6) is -0.386. The molecular formula is C18H21N5O3S. The second-order valence-corrected chi connectivity index (χ2v) is 7.83. The Balaban J connectivity index is 1.80. The van der Waals surface area contributed by atoms with Crippen molar-refractivity contribution in [3.8, 4) is 0 Å². The Morgan fingerprint density at radius 1 is 1.30 bits per heavy atom. The van der Waals surface area contributed by atoms with Gasteiger partial charge in [0.05, 0.1) is 0 Å². The van der Waals surface area contributed by atoms with E-state index < -0.39 is 17.7 Å². The Morgan fingerprint density at radius 2 is 2.07 bits per heavy atom. The number of para-hydroxylation sites is 1. The SMILES string of the molecule is CC(C)(C)OC(=O)N[C@@H](Cc1c[nH]c2ccccc12)C(=O)Nc1nncs1. The molecule has 0 unspecified atom stereocenters. The molecule has 2 aromatic heterocycles. The van der Waals surface area contributed by atoms with E-state index in [-0.39, 0.29) is 5.91 Å². The zero-order chi connectivity index (χ0) is 19.4. The maximum absolute atomic E-state index is 12.7. The third kappa shape index (κ3) is 5.04. The Bertz CT molecular complexity index is 930. The fraction of sp³-hybridized carbons (Fsp3) is 0.333. The molecule has 3 aromatic rings. The maximum atomic E-state index is 12.7. The second-order valence-electron chi connectivity index (χ2n) is 7.00. The average molecular weight is 387 g/mol. The van der Waals surface area contributed by atoms with E-state index in [4.69, 9.17) is 4.74 Å². The van der Waals surface area contributed by atoms with E-state index in [0.29, 0.717) is 11.6 Å². The van der Waals surface area contributed by atoms with Crippen molar-refractivity contribution in [2.45, 2.75) is 38.8 Å². The van der Waals surface area contributed by atoms with Crippen molar-refractivity contribution in [2.24, 2.45) is 0 Å². The van der Waals surface area contributed by atoms with Crippen molar-refractivity contribution in [3.63, 3.8) is 0 Å². The van der Waals surface area contributed by atoms with Gasteiger partial charge in [-0.25, -0.2) is 4.79 Å². The van der Waals surface area contributed by atoms with E-state index in [1.807, 2.05) is 30.5 Å². The molecule has 0 bridgehead atoms. The van der Waals surface area contributed by atoms with Gasteiger partial charge in [0, 0.05) is 23.5 Å². The summed E-state index contributed by atoms with van der Waals surface area (Å²) >= 11 is 1.20. The van der Waals surface area contributed by atoms with Crippen molar-refractivity contribution in [3.05, 3.63) is 41.5 Å². The summed E-state index contributed by atoms with van der Waals surface area (Å²) < 4.78 is 5.30. The number of hydrogen-bond donors (Lipinski definition) is 3. The lowest BCUT2D eigenvalue weighted by molar-refractivity contribution is -0.118. The molecule has 0 aliphatic heterocycles. The quantitative estimate of drug-likeness (QED) is 0.623. The van der Waals surface area contributed by atoms with Crippen LogP contribution in [0.4, 0.5) is 9.93 Å². The minimum Gasteiger partial charge on any atom is -0.444 e. The van der Waals surface area contributed by atoms with Gasteiger partial charge in [0.15, 0.2) is 0 Å². The first-order valence-electron chi connectivity index (χ1n) is 8.43. The molecule has 2 heterocycles. The number of rotatable bonds is 5. The normalized spacial score (nSPS) is 12.6. The highest BCUT2D eigenvalue weighted by molar-refractivity contribution is 7.13. The topological polar surface area (TPSA) is 109 Å². The third-order valence-corrected chi connectivity index (χ3v) is 4.30. The summed E-state index contributed by atoms with van der Waals surface area (Å²) in [6.07, 6.45) is 1.49. The molecule has 1 aromatic carbocycles. The number of hydrogen-bond acceptors (Lipinski definition) is 6. The van der Waals surface area contributed by atoms with Crippen molar-refractivity contribution in [1.29, 1.82) is 0 Å². The predicted octanol–water partition coefficient (Wildman–Crippen LogP) is 3.09. The number of anilines is 1. The smallest absolute Gasteiger partial charge is 0.408 e. The van der Waals surface area contributed by atoms with Crippen molar-refractivity contribution < 1.29 is 14.3 Å². The number of alkyl carbamates (subject to hydrolysis) is 1. The number of nitrogens with one attached hydrogen (secondary N) is 3. The highest BCUT2D eigenvalue weighted by atomic mass is 32.1. The Kier molecular flexibility index (Phi) is 5.41. The Hall–Kier alpha value is -2.94. The molecule has 3 N–H and O–H groups in total. The number of carbonyl (C=O) groups excluding carboxylic acids is 2. The molecule has 0 aliphatic rings. The molecule has 2 amide bonds. The molecule has 0 saturated heterocycles. The zero-order valence-corrected chi connectivity index (χ0v) is 16.1. The summed E-state index contributed by atoms with van der Waals surface area (Å²) in [5.41, 5.74) is 2.74. The lowest BCUT2D eigenvalue weighted by Crippen LogP contribution is -2.47. The number of benzene rings is 1. The number of nitrogens with zero attached hydrogens (tertiary/aromatic N) is 2. The number of H-pyrrole nitrogens is 1. The first-order valence-corrected chi connectivity index (χ1v) is 9.31. The number of ether oxygens (including phenoxy) is 1. The van der Waals surface area contributed by atoms with E-state index in [2.05, 4.69) is 25.8 Å². The van der Waals surface area contributed by atoms with Gasteiger partial charge in [-0.2, -0.15) is 0 Å². The molecule has 8 nitrogen and oxygen atoms in total. The largest absolute Gasteiger partial charge is 0.444 e. The van der Waals surface area contributed by atoms with Gasteiger partial charge in [-0.1, -0.05) is 29.5 Å². The van der Waals surface area contributed by atoms with Crippen LogP contribution in [0.3, 0.4) is 0 Å². The van der Waals surface area contributed by atoms with Crippen LogP contribution in [0.25, 0.3) is 10.9 Å². The van der Waals surface area contributed by atoms with Gasteiger partial charge in [0.1, 0.15) is 17.2 Å². The average Bonchev–Trinajstić information content (AvgIpc) is 3.22. The summed E-state index contributed by atoms with van der Waals surface area (Å²) in [6.45, 7) is 5.30. The van der Waals surface area contributed by atoms with E-state index in [0.717, 1.165) is 16.5 Å². The second kappa shape index (κ2) is 7.75. The van der Waals surface area contributed by atoms with Crippen LogP contribution < -0.4 is 10.6 Å². The van der Waals surface area contributed by atoms with Crippen LogP contribution in [0.15, 0.2) is 36.0 Å². The van der Waals surface area contributed by atoms with Crippen LogP contribution in [-0.2, 0) is 16.0 Å². The predicted molar refractivity (Wildman–Crippen MR) is 104 cm³/mol. The third-order valence-electron chi connectivity index (χ3n) is 3.70. The minimum absolute atomic E-state index is 0.299. The Labute approximate surface area is 160 Å². The molecule has 3 rings (SSSR count). The molecule has 0 aliphatic carbocycles. The van der Waals surface area contributed by atoms with Crippen LogP contribution in [0, 0.1) is 0 Å². The molecular weight excluding hydrogens is 366 g/mol. The standard InChI is InChI=1S/C18H21N5O3S/c1-18(2,3)26-17(25)21-14(15(24)22-16-23-20-10-27-16)8-11-9-19-13-7-5-4-6-12(11)13/h4-7,9-10,14,19H,8H2,1-3H3,(H,21,25)(H,22,23,24)/t14-/m0/s1. The van der Waals surface area contributed by atoms with E-state index in [9.17, 15) is 9.59 Å². The number of fused-ring (bicyclic) bond motifs is 1. The monoisotopic (exact) mass is 387 g/mol. The van der Waals surface area contributed by atoms with Crippen LogP contribution >= 0.6 is 11.3 Å². The highest BCUT2D eigenvalue weighted by Crippen LogP contribution is 2.20. The molecule has 142 valence electrons. The summed E-state index contributed by atoms with van der Waals surface area (Å²) in [4.78, 5) is 28.1. The van der Waals surface area contributed by atoms with Gasteiger partial charge in [-0.15, -0.1) is 10.2 Å². The number of aromatic nitrogens is 3. The van der Waals surface area contributed by atoms with Gasteiger partial charge in [-0.05, 0) is 32.4 Å². The van der Waals surface area contributed by atoms with Crippen molar-refractivity contribution in [2.75, 3.05) is 5.32 Å². The summed E-state index contributed by atoms with van der Waals surface area (Å²) in [6, 6.07) is 6.95. The van der Waals surface area contributed by atoms with Crippen LogP contribution in [0.2, 0.25) is 0 Å². The fourth-order valence-electron chi connectivity index (χ4n) is 2.60. The fourth-order valence-corrected chi connectivity index (χ4v) is 3.05. The van der Waals surface area contributed by atoms with Crippen molar-refractivity contribution >= 4 is 39.4 Å². The first kappa shape index (κ1) is 18.8. The lowest BCUT2D eigenvalue weighted by atomic mass is 10.0. The van der Waals surface area contributed by atoms with Crippen molar-refractivity contribution in [1.82, 2.24) is 20.5 Å². The van der Waals surface area contributed by atoms with Gasteiger partial charge < -0.3 is 15.0 Å². The maximum Gasteiger partial charge on any atom is 0.408 e. The number of amides is 2. The van der Waals surface area contributed by atoms with Gasteiger partial charge in [0.2, 0.25) is 11.0 Å². The van der Waals surface area contributed by atoms with Crippen LogP contribution in [0.1, 0.15) is 26.3 Å². The highest BCUT2D eigenvalue weighted by Gasteiger charge is 2.26. The number of aromatic amines is 1. The summed E-state index contributed by atoms with van der Waals surface area (Å²) in [5, 5.41) is 14.2. The zero-order valence-electron chi connectivity index (χ0n) is 15.3. The molecule has 9 heteroatoms. The molecule has 0 fully saturated rings. The molecule has 0 spiro atoms. The molecule has 0 saturated carbocycles. The van der Waals surface area contributed by atoms with Gasteiger partial charge in [-0.3, -0.25) is 10.1 Å². The van der Waals surface area contributed by atoms with E-state index in [1.54, 1.807) is 20.8 Å². The summed E-state index contributed by atoms with van der Waals surface area (Å²) in [7, 11) is 0. The molecule has 27 heavy (non-hydrogen) atoms. The number of carbonyl (C=O) groups is 2. The molecule has 1 atom stereocenters. The van der Waals surface area contributed by atoms with Crippen LogP contribution in [0.5, 0.6) is 0 Å². The Morgan fingerprint density at radius 3 is 2.78 bits per heavy atom. The van der Waals surface area contributed by atoms with E-state index in [1.165, 1.54) is 16.8 Å². The first-order chi connectivity index (χ1) is 12.8. The van der Waals surface area contributed by atoms with Crippen LogP contribution in [-0.4, -0.2) is 38.8 Å². The molecule has 0 radical (unpaired) electrons. The lowest BCUT2D eigenvalue weighted by Gasteiger charge is -2.23. The minimum atomic E-state index is -0.831. The van der Waals surface area contributed by atoms with E-state index >= 15 is 0 Å².